The smallest absolute Gasteiger partial charge is 0.240 e. The first kappa shape index (κ1) is 24.0. The van der Waals surface area contributed by atoms with Gasteiger partial charge in [0.05, 0.1) is 30.3 Å². The standard InChI is InChI=1S/C28H29FN4O3/c29-22-12-10-21(11-13-22)26(32-14-16-35-17-15-32)18-30-28(34)19-33-25-9-5-4-8-24(25)31-27(33)20-36-23-6-2-1-3-7-23/h1-13,26H,14-20H2,(H,30,34). The summed E-state index contributed by atoms with van der Waals surface area (Å²) in [5, 5.41) is 3.09. The first-order valence-corrected chi connectivity index (χ1v) is 12.1. The maximum Gasteiger partial charge on any atom is 0.240 e. The largest absolute Gasteiger partial charge is 0.486 e. The van der Waals surface area contributed by atoms with Gasteiger partial charge in [0.2, 0.25) is 5.91 Å². The number of nitrogens with zero attached hydrogens (tertiary/aromatic N) is 3. The third kappa shape index (κ3) is 5.72. The summed E-state index contributed by atoms with van der Waals surface area (Å²) >= 11 is 0. The molecule has 186 valence electrons. The fraction of sp³-hybridized carbons (Fsp3) is 0.286. The van der Waals surface area contributed by atoms with Crippen LogP contribution in [-0.2, 0) is 22.7 Å². The van der Waals surface area contributed by atoms with Crippen LogP contribution < -0.4 is 10.1 Å². The molecule has 0 spiro atoms. The highest BCUT2D eigenvalue weighted by molar-refractivity contribution is 5.81. The first-order chi connectivity index (χ1) is 17.7. The molecule has 3 aromatic carbocycles. The van der Waals surface area contributed by atoms with E-state index in [0.29, 0.717) is 25.6 Å². The van der Waals surface area contributed by atoms with Crippen molar-refractivity contribution in [2.24, 2.45) is 0 Å². The number of carbonyl (C=O) groups is 1. The number of morpholine rings is 1. The summed E-state index contributed by atoms with van der Waals surface area (Å²) in [6, 6.07) is 23.7. The lowest BCUT2D eigenvalue weighted by atomic mass is 10.0. The third-order valence-corrected chi connectivity index (χ3v) is 6.38. The average molecular weight is 489 g/mol. The number of ether oxygens (including phenoxy) is 2. The Morgan fingerprint density at radius 3 is 2.50 bits per heavy atom. The van der Waals surface area contributed by atoms with E-state index in [1.54, 1.807) is 12.1 Å². The predicted octanol–water partition coefficient (Wildman–Crippen LogP) is 3.94. The fourth-order valence-corrected chi connectivity index (χ4v) is 4.52. The van der Waals surface area contributed by atoms with Crippen LogP contribution in [0, 0.1) is 5.82 Å². The Bertz CT molecular complexity index is 1290. The molecule has 1 saturated heterocycles. The maximum atomic E-state index is 13.5. The molecular weight excluding hydrogens is 459 g/mol. The van der Waals surface area contributed by atoms with Crippen LogP contribution in [-0.4, -0.2) is 53.2 Å². The molecule has 7 nitrogen and oxygen atoms in total. The van der Waals surface area contributed by atoms with Crippen molar-refractivity contribution in [1.29, 1.82) is 0 Å². The zero-order valence-corrected chi connectivity index (χ0v) is 20.0. The van der Waals surface area contributed by atoms with Crippen molar-refractivity contribution in [1.82, 2.24) is 19.8 Å². The zero-order chi connectivity index (χ0) is 24.7. The summed E-state index contributed by atoms with van der Waals surface area (Å²) in [7, 11) is 0. The molecule has 1 aliphatic heterocycles. The van der Waals surface area contributed by atoms with Gasteiger partial charge >= 0.3 is 0 Å². The topological polar surface area (TPSA) is 68.6 Å². The Morgan fingerprint density at radius 2 is 1.72 bits per heavy atom. The van der Waals surface area contributed by atoms with E-state index in [9.17, 15) is 9.18 Å². The Kier molecular flexibility index (Phi) is 7.54. The molecule has 1 N–H and O–H groups in total. The minimum Gasteiger partial charge on any atom is -0.486 e. The van der Waals surface area contributed by atoms with Gasteiger partial charge in [-0.15, -0.1) is 0 Å². The number of halogens is 1. The first-order valence-electron chi connectivity index (χ1n) is 12.1. The van der Waals surface area contributed by atoms with Gasteiger partial charge in [-0.1, -0.05) is 42.5 Å². The van der Waals surface area contributed by atoms with Crippen LogP contribution in [0.5, 0.6) is 5.75 Å². The van der Waals surface area contributed by atoms with Gasteiger partial charge in [0.1, 0.15) is 30.5 Å². The normalized spacial score (nSPS) is 15.0. The summed E-state index contributed by atoms with van der Waals surface area (Å²) in [4.78, 5) is 20.1. The van der Waals surface area contributed by atoms with Crippen LogP contribution in [0.25, 0.3) is 11.0 Å². The van der Waals surface area contributed by atoms with Gasteiger partial charge in [-0.2, -0.15) is 0 Å². The molecule has 1 atom stereocenters. The second-order valence-corrected chi connectivity index (χ2v) is 8.72. The number of nitrogens with one attached hydrogen (secondary N) is 1. The van der Waals surface area contributed by atoms with Gasteiger partial charge in [0.25, 0.3) is 0 Å². The molecule has 4 aromatic rings. The van der Waals surface area contributed by atoms with Gasteiger partial charge in [-0.05, 0) is 42.0 Å². The highest BCUT2D eigenvalue weighted by Crippen LogP contribution is 2.22. The number of carbonyl (C=O) groups excluding carboxylic acids is 1. The van der Waals surface area contributed by atoms with Crippen LogP contribution in [0.2, 0.25) is 0 Å². The van der Waals surface area contributed by atoms with Crippen molar-refractivity contribution < 1.29 is 18.7 Å². The van der Waals surface area contributed by atoms with Gasteiger partial charge < -0.3 is 19.4 Å². The second kappa shape index (κ2) is 11.3. The van der Waals surface area contributed by atoms with Crippen molar-refractivity contribution in [2.75, 3.05) is 32.8 Å². The van der Waals surface area contributed by atoms with Gasteiger partial charge in [0, 0.05) is 19.6 Å². The molecule has 36 heavy (non-hydrogen) atoms. The molecule has 0 aliphatic carbocycles. The molecule has 1 amide bonds. The van der Waals surface area contributed by atoms with Crippen LogP contribution in [0.4, 0.5) is 4.39 Å². The lowest BCUT2D eigenvalue weighted by Gasteiger charge is -2.35. The van der Waals surface area contributed by atoms with Gasteiger partial charge in [-0.25, -0.2) is 9.37 Å². The number of benzene rings is 3. The Hall–Kier alpha value is -3.75. The van der Waals surface area contributed by atoms with Gasteiger partial charge in [-0.3, -0.25) is 9.69 Å². The fourth-order valence-electron chi connectivity index (χ4n) is 4.52. The number of amides is 1. The minimum absolute atomic E-state index is 0.0705. The van der Waals surface area contributed by atoms with Crippen molar-refractivity contribution in [3.05, 3.63) is 96.1 Å². The summed E-state index contributed by atoms with van der Waals surface area (Å²) < 4.78 is 26.9. The molecule has 0 bridgehead atoms. The van der Waals surface area contributed by atoms with E-state index in [0.717, 1.165) is 35.4 Å². The molecular formula is C28H29FN4O3. The summed E-state index contributed by atoms with van der Waals surface area (Å²) in [5.41, 5.74) is 2.65. The van der Waals surface area contributed by atoms with Crippen molar-refractivity contribution in [3.63, 3.8) is 0 Å². The van der Waals surface area contributed by atoms with Crippen LogP contribution in [0.1, 0.15) is 17.4 Å². The molecule has 0 saturated carbocycles. The summed E-state index contributed by atoms with van der Waals surface area (Å²) in [6.45, 7) is 3.56. The third-order valence-electron chi connectivity index (χ3n) is 6.38. The molecule has 5 rings (SSSR count). The lowest BCUT2D eigenvalue weighted by Crippen LogP contribution is -2.44. The zero-order valence-electron chi connectivity index (χ0n) is 20.0. The van der Waals surface area contributed by atoms with Crippen molar-refractivity contribution in [3.8, 4) is 5.75 Å². The van der Waals surface area contributed by atoms with Crippen LogP contribution in [0.15, 0.2) is 78.9 Å². The highest BCUT2D eigenvalue weighted by atomic mass is 19.1. The summed E-state index contributed by atoms with van der Waals surface area (Å²) in [6.07, 6.45) is 0. The maximum absolute atomic E-state index is 13.5. The number of hydrogen-bond acceptors (Lipinski definition) is 5. The highest BCUT2D eigenvalue weighted by Gasteiger charge is 2.24. The number of fused-ring (bicyclic) bond motifs is 1. The van der Waals surface area contributed by atoms with Crippen molar-refractivity contribution >= 4 is 16.9 Å². The molecule has 1 fully saturated rings. The van der Waals surface area contributed by atoms with E-state index < -0.39 is 0 Å². The quantitative estimate of drug-likeness (QED) is 0.387. The number of aromatic nitrogens is 2. The SMILES string of the molecule is O=C(Cn1c(COc2ccccc2)nc2ccccc21)NCC(c1ccc(F)cc1)N1CCOCC1. The minimum atomic E-state index is -0.277. The van der Waals surface area contributed by atoms with E-state index in [4.69, 9.17) is 14.5 Å². The van der Waals surface area contributed by atoms with E-state index in [1.807, 2.05) is 59.2 Å². The molecule has 1 aliphatic rings. The molecule has 1 aromatic heterocycles. The Morgan fingerprint density at radius 1 is 1.00 bits per heavy atom. The number of imidazole rings is 1. The monoisotopic (exact) mass is 488 g/mol. The van der Waals surface area contributed by atoms with E-state index in [1.165, 1.54) is 12.1 Å². The molecule has 8 heteroatoms. The molecule has 2 heterocycles. The van der Waals surface area contributed by atoms with E-state index in [-0.39, 0.29) is 30.9 Å². The van der Waals surface area contributed by atoms with Gasteiger partial charge in [0.15, 0.2) is 0 Å². The second-order valence-electron chi connectivity index (χ2n) is 8.72. The summed E-state index contributed by atoms with van der Waals surface area (Å²) in [5.74, 6) is 1.02. The Balaban J connectivity index is 1.30. The number of rotatable bonds is 9. The van der Waals surface area contributed by atoms with E-state index >= 15 is 0 Å². The predicted molar refractivity (Wildman–Crippen MR) is 135 cm³/mol. The average Bonchev–Trinajstić information content (AvgIpc) is 3.27. The molecule has 1 unspecified atom stereocenters. The van der Waals surface area contributed by atoms with Crippen LogP contribution in [0.3, 0.4) is 0 Å². The Labute approximate surface area is 209 Å². The lowest BCUT2D eigenvalue weighted by molar-refractivity contribution is -0.122. The number of para-hydroxylation sites is 3. The van der Waals surface area contributed by atoms with Crippen molar-refractivity contribution in [2.45, 2.75) is 19.2 Å². The number of hydrogen-bond donors (Lipinski definition) is 1. The van der Waals surface area contributed by atoms with E-state index in [2.05, 4.69) is 10.2 Å². The van der Waals surface area contributed by atoms with Crippen LogP contribution >= 0.6 is 0 Å². The molecule has 0 radical (unpaired) electrons.